The second kappa shape index (κ2) is 8.11. The van der Waals surface area contributed by atoms with Crippen molar-refractivity contribution in [2.45, 2.75) is 32.1 Å². The summed E-state index contributed by atoms with van der Waals surface area (Å²) in [6, 6.07) is 6.25. The average molecular weight is 396 g/mol. The highest BCUT2D eigenvalue weighted by atomic mass is 16.5. The van der Waals surface area contributed by atoms with E-state index in [0.717, 1.165) is 48.3 Å². The molecular formula is C23H29N3O3. The van der Waals surface area contributed by atoms with Gasteiger partial charge in [-0.25, -0.2) is 0 Å². The summed E-state index contributed by atoms with van der Waals surface area (Å²) in [6.07, 6.45) is 4.33. The summed E-state index contributed by atoms with van der Waals surface area (Å²) in [6.45, 7) is 4.90. The number of fused-ring (bicyclic) bond motifs is 1. The molecule has 0 N–H and O–H groups in total. The van der Waals surface area contributed by atoms with Gasteiger partial charge < -0.3 is 9.64 Å². The number of piperidine rings is 1. The van der Waals surface area contributed by atoms with Crippen LogP contribution in [0, 0.1) is 12.8 Å². The lowest BCUT2D eigenvalue weighted by Crippen LogP contribution is -2.39. The van der Waals surface area contributed by atoms with Crippen LogP contribution < -0.4 is 4.74 Å². The van der Waals surface area contributed by atoms with Crippen LogP contribution in [-0.4, -0.2) is 66.8 Å². The van der Waals surface area contributed by atoms with Gasteiger partial charge in [0.15, 0.2) is 5.78 Å². The fourth-order valence-corrected chi connectivity index (χ4v) is 4.62. The van der Waals surface area contributed by atoms with E-state index in [9.17, 15) is 9.59 Å². The van der Waals surface area contributed by atoms with Gasteiger partial charge in [-0.3, -0.25) is 19.5 Å². The molecule has 154 valence electrons. The quantitative estimate of drug-likeness (QED) is 0.779. The molecule has 4 rings (SSSR count). The van der Waals surface area contributed by atoms with Crippen LogP contribution in [0.25, 0.3) is 10.8 Å². The number of benzene rings is 1. The van der Waals surface area contributed by atoms with E-state index in [1.54, 1.807) is 19.1 Å². The predicted octanol–water partition coefficient (Wildman–Crippen LogP) is 2.78. The van der Waals surface area contributed by atoms with Crippen molar-refractivity contribution < 1.29 is 14.3 Å². The number of Topliss-reactive ketones (excluding diaryl/α,β-unsaturated/α-hetero) is 1. The molecule has 1 unspecified atom stereocenters. The van der Waals surface area contributed by atoms with Crippen molar-refractivity contribution >= 4 is 22.5 Å². The number of likely N-dealkylation sites (tertiary alicyclic amines) is 2. The minimum absolute atomic E-state index is 0.0800. The van der Waals surface area contributed by atoms with Gasteiger partial charge in [0.25, 0.3) is 0 Å². The third kappa shape index (κ3) is 3.99. The van der Waals surface area contributed by atoms with E-state index in [2.05, 4.69) is 24.0 Å². The van der Waals surface area contributed by atoms with Gasteiger partial charge in [0.2, 0.25) is 5.91 Å². The SMILES string of the molecule is COc1ccc2cnc(C3CCN(CC(=O)C4CC(=O)N(C)C4)CC3)cc2c1C. The van der Waals surface area contributed by atoms with E-state index in [1.807, 2.05) is 12.3 Å². The number of carbonyl (C=O) groups is 2. The molecule has 2 aromatic rings. The highest BCUT2D eigenvalue weighted by Crippen LogP contribution is 2.32. The zero-order chi connectivity index (χ0) is 20.5. The van der Waals surface area contributed by atoms with E-state index in [4.69, 9.17) is 9.72 Å². The van der Waals surface area contributed by atoms with Crippen molar-refractivity contribution in [3.63, 3.8) is 0 Å². The smallest absolute Gasteiger partial charge is 0.223 e. The lowest BCUT2D eigenvalue weighted by molar-refractivity contribution is -0.128. The Balaban J connectivity index is 1.39. The molecule has 1 amide bonds. The molecule has 0 bridgehead atoms. The Morgan fingerprint density at radius 3 is 2.69 bits per heavy atom. The van der Waals surface area contributed by atoms with E-state index in [0.29, 0.717) is 25.4 Å². The molecule has 6 nitrogen and oxygen atoms in total. The van der Waals surface area contributed by atoms with Crippen LogP contribution in [0.15, 0.2) is 24.4 Å². The normalized spacial score (nSPS) is 21.1. The van der Waals surface area contributed by atoms with Crippen LogP contribution >= 0.6 is 0 Å². The number of rotatable bonds is 5. The lowest BCUT2D eigenvalue weighted by atomic mass is 9.91. The second-order valence-electron chi connectivity index (χ2n) is 8.42. The Bertz CT molecular complexity index is 934. The van der Waals surface area contributed by atoms with Gasteiger partial charge in [-0.2, -0.15) is 0 Å². The number of aryl methyl sites for hydroxylation is 1. The number of pyridine rings is 1. The van der Waals surface area contributed by atoms with Gasteiger partial charge >= 0.3 is 0 Å². The van der Waals surface area contributed by atoms with Crippen molar-refractivity contribution in [1.82, 2.24) is 14.8 Å². The molecule has 0 aliphatic carbocycles. The Labute approximate surface area is 171 Å². The summed E-state index contributed by atoms with van der Waals surface area (Å²) >= 11 is 0. The van der Waals surface area contributed by atoms with Gasteiger partial charge in [-0.1, -0.05) is 0 Å². The summed E-state index contributed by atoms with van der Waals surface area (Å²) in [5, 5.41) is 2.33. The predicted molar refractivity (Wildman–Crippen MR) is 112 cm³/mol. The summed E-state index contributed by atoms with van der Waals surface area (Å²) in [5.41, 5.74) is 2.27. The summed E-state index contributed by atoms with van der Waals surface area (Å²) in [5.74, 6) is 1.46. The number of hydrogen-bond donors (Lipinski definition) is 0. The van der Waals surface area contributed by atoms with Crippen LogP contribution in [0.4, 0.5) is 0 Å². The molecule has 1 atom stereocenters. The number of nitrogens with zero attached hydrogens (tertiary/aromatic N) is 3. The topological polar surface area (TPSA) is 62.7 Å². The zero-order valence-electron chi connectivity index (χ0n) is 17.5. The van der Waals surface area contributed by atoms with Gasteiger partial charge in [0, 0.05) is 49.1 Å². The molecule has 0 saturated carbocycles. The number of amides is 1. The minimum Gasteiger partial charge on any atom is -0.496 e. The lowest BCUT2D eigenvalue weighted by Gasteiger charge is -2.31. The van der Waals surface area contributed by atoms with Crippen LogP contribution in [0.2, 0.25) is 0 Å². The van der Waals surface area contributed by atoms with Crippen molar-refractivity contribution in [3.8, 4) is 5.75 Å². The maximum absolute atomic E-state index is 12.6. The average Bonchev–Trinajstić information content (AvgIpc) is 3.07. The maximum Gasteiger partial charge on any atom is 0.223 e. The molecule has 2 fully saturated rings. The number of ketones is 1. The van der Waals surface area contributed by atoms with E-state index in [-0.39, 0.29) is 17.6 Å². The Morgan fingerprint density at radius 1 is 1.28 bits per heavy atom. The molecule has 6 heteroatoms. The highest BCUT2D eigenvalue weighted by molar-refractivity contribution is 5.91. The second-order valence-corrected chi connectivity index (χ2v) is 8.42. The largest absolute Gasteiger partial charge is 0.496 e. The van der Waals surface area contributed by atoms with Crippen LogP contribution in [0.3, 0.4) is 0 Å². The van der Waals surface area contributed by atoms with Crippen LogP contribution in [0.1, 0.15) is 36.4 Å². The molecule has 2 aliphatic heterocycles. The monoisotopic (exact) mass is 395 g/mol. The van der Waals surface area contributed by atoms with E-state index in [1.165, 1.54) is 5.39 Å². The van der Waals surface area contributed by atoms with Crippen LogP contribution in [0.5, 0.6) is 5.75 Å². The number of aromatic nitrogens is 1. The molecule has 1 aromatic carbocycles. The molecule has 2 aliphatic rings. The maximum atomic E-state index is 12.6. The molecule has 2 saturated heterocycles. The van der Waals surface area contributed by atoms with E-state index < -0.39 is 0 Å². The van der Waals surface area contributed by atoms with Gasteiger partial charge in [0.05, 0.1) is 13.7 Å². The summed E-state index contributed by atoms with van der Waals surface area (Å²) in [7, 11) is 3.47. The third-order valence-corrected chi connectivity index (χ3v) is 6.55. The van der Waals surface area contributed by atoms with Crippen LogP contribution in [-0.2, 0) is 9.59 Å². The Hall–Kier alpha value is -2.47. The minimum atomic E-state index is -0.134. The number of ether oxygens (including phenoxy) is 1. The highest BCUT2D eigenvalue weighted by Gasteiger charge is 2.33. The number of methoxy groups -OCH3 is 1. The molecule has 0 spiro atoms. The van der Waals surface area contributed by atoms with Crippen molar-refractivity contribution in [3.05, 3.63) is 35.7 Å². The fraction of sp³-hybridized carbons (Fsp3) is 0.522. The zero-order valence-corrected chi connectivity index (χ0v) is 17.5. The van der Waals surface area contributed by atoms with E-state index >= 15 is 0 Å². The Kier molecular flexibility index (Phi) is 5.54. The molecule has 0 radical (unpaired) electrons. The first-order valence-corrected chi connectivity index (χ1v) is 10.4. The fourth-order valence-electron chi connectivity index (χ4n) is 4.62. The third-order valence-electron chi connectivity index (χ3n) is 6.55. The standard InChI is InChI=1S/C23H29N3O3/c1-15-19-11-20(24-12-17(19)4-5-22(15)29-3)16-6-8-26(9-7-16)14-21(27)18-10-23(28)25(2)13-18/h4-5,11-12,16,18H,6-10,13-14H2,1-3H3. The van der Waals surface area contributed by atoms with Gasteiger partial charge in [-0.05, 0) is 62.0 Å². The summed E-state index contributed by atoms with van der Waals surface area (Å²) < 4.78 is 5.46. The number of hydrogen-bond acceptors (Lipinski definition) is 5. The van der Waals surface area contributed by atoms with Crippen molar-refractivity contribution in [2.75, 3.05) is 40.3 Å². The van der Waals surface area contributed by atoms with Gasteiger partial charge in [-0.15, -0.1) is 0 Å². The number of carbonyl (C=O) groups excluding carboxylic acids is 2. The van der Waals surface area contributed by atoms with Crippen molar-refractivity contribution in [2.24, 2.45) is 5.92 Å². The first-order valence-electron chi connectivity index (χ1n) is 10.4. The Morgan fingerprint density at radius 2 is 2.03 bits per heavy atom. The molecular weight excluding hydrogens is 366 g/mol. The molecule has 1 aromatic heterocycles. The van der Waals surface area contributed by atoms with Gasteiger partial charge in [0.1, 0.15) is 5.75 Å². The first kappa shape index (κ1) is 19.8. The molecule has 29 heavy (non-hydrogen) atoms. The first-order chi connectivity index (χ1) is 14.0. The summed E-state index contributed by atoms with van der Waals surface area (Å²) in [4.78, 5) is 32.9. The van der Waals surface area contributed by atoms with Crippen molar-refractivity contribution in [1.29, 1.82) is 0 Å². The molecule has 3 heterocycles.